The minimum atomic E-state index is -1.81. The van der Waals surface area contributed by atoms with Crippen LogP contribution in [-0.4, -0.2) is 167 Å². The van der Waals surface area contributed by atoms with E-state index in [0.717, 1.165) is 44.9 Å². The molecule has 0 bridgehead atoms. The molecule has 2 amide bonds. The molecule has 19 heteroatoms. The Morgan fingerprint density at radius 3 is 1.56 bits per heavy atom. The van der Waals surface area contributed by atoms with Crippen molar-refractivity contribution in [1.29, 1.82) is 0 Å². The van der Waals surface area contributed by atoms with Crippen molar-refractivity contribution in [3.8, 4) is 0 Å². The summed E-state index contributed by atoms with van der Waals surface area (Å²) in [7, 11) is 0. The van der Waals surface area contributed by atoms with Crippen LogP contribution in [0.5, 0.6) is 0 Å². The van der Waals surface area contributed by atoms with E-state index >= 15 is 0 Å². The Morgan fingerprint density at radius 1 is 0.530 bits per heavy atom. The predicted molar refractivity (Wildman–Crippen MR) is 241 cm³/mol. The van der Waals surface area contributed by atoms with Gasteiger partial charge in [-0.2, -0.15) is 0 Å². The SMILES string of the molecule is CCCCCCCCCCCCOC(=O)CCC(NC(=O)CCC(=O)NCCO[C@@H]1O[C@H](CO)[C@@H](O[C@@H]2O[C@H](CO)[C@@H](O)[C@H](O)[C@H]2O)[C@H](O)[C@H]1O)C(=O)OCCCCCCCCCCCC. The fraction of sp³-hybridized carbons (Fsp3) is 0.915. The molecule has 0 radical (unpaired) electrons. The van der Waals surface area contributed by atoms with Crippen LogP contribution in [0.1, 0.15) is 168 Å². The number of hydrogen-bond acceptors (Lipinski definition) is 17. The molecule has 0 aromatic rings. The van der Waals surface area contributed by atoms with E-state index in [-0.39, 0.29) is 45.4 Å². The number of nitrogens with one attached hydrogen (secondary N) is 2. The van der Waals surface area contributed by atoms with Gasteiger partial charge in [0.2, 0.25) is 11.8 Å². The standard InChI is InChI=1S/C47H86N2O17/c1-3-5-7-9-11-13-15-17-19-21-28-61-38(54)26-23-33(45(60)62-29-22-20-18-16-14-12-10-8-6-4-2)49-37(53)25-24-36(52)48-27-30-63-46-43(59)41(57)44(35(32-51)65-46)66-47-42(58)40(56)39(55)34(31-50)64-47/h33-35,39-44,46-47,50-51,55-59H,3-32H2,1-2H3,(H,48,52)(H,49,53)/t33?,34-,35-,39-,40+,41-,42-,43-,44-,46-,47+/m1/s1. The zero-order valence-electron chi connectivity index (χ0n) is 39.8. The Kier molecular flexibility index (Phi) is 32.9. The summed E-state index contributed by atoms with van der Waals surface area (Å²) in [6, 6.07) is -1.11. The highest BCUT2D eigenvalue weighted by Gasteiger charge is 2.50. The molecule has 2 rings (SSSR count). The summed E-state index contributed by atoms with van der Waals surface area (Å²) in [6.45, 7) is 3.08. The lowest BCUT2D eigenvalue weighted by Crippen LogP contribution is -2.64. The highest BCUT2D eigenvalue weighted by Crippen LogP contribution is 2.29. The molecule has 0 aromatic carbocycles. The van der Waals surface area contributed by atoms with Gasteiger partial charge in [-0.15, -0.1) is 0 Å². The van der Waals surface area contributed by atoms with Gasteiger partial charge in [-0.3, -0.25) is 14.4 Å². The maximum absolute atomic E-state index is 13.1. The van der Waals surface area contributed by atoms with Crippen LogP contribution in [-0.2, 0) is 47.6 Å². The van der Waals surface area contributed by atoms with Crippen LogP contribution in [0.3, 0.4) is 0 Å². The monoisotopic (exact) mass is 951 g/mol. The lowest BCUT2D eigenvalue weighted by Gasteiger charge is -2.45. The second-order valence-electron chi connectivity index (χ2n) is 17.6. The van der Waals surface area contributed by atoms with E-state index < -0.39 is 104 Å². The summed E-state index contributed by atoms with van der Waals surface area (Å²) in [4.78, 5) is 51.3. The maximum atomic E-state index is 13.1. The number of unbranched alkanes of at least 4 members (excludes halogenated alkanes) is 18. The number of amides is 2. The van der Waals surface area contributed by atoms with Gasteiger partial charge in [0.05, 0.1) is 33.0 Å². The van der Waals surface area contributed by atoms with Crippen LogP contribution < -0.4 is 10.6 Å². The highest BCUT2D eigenvalue weighted by atomic mass is 16.7. The van der Waals surface area contributed by atoms with Crippen LogP contribution in [0.2, 0.25) is 0 Å². The van der Waals surface area contributed by atoms with E-state index in [1.807, 2.05) is 0 Å². The minimum Gasteiger partial charge on any atom is -0.466 e. The summed E-state index contributed by atoms with van der Waals surface area (Å²) in [6.07, 6.45) is 6.07. The predicted octanol–water partition coefficient (Wildman–Crippen LogP) is 2.72. The van der Waals surface area contributed by atoms with Gasteiger partial charge in [0.15, 0.2) is 12.6 Å². The normalized spacial score (nSPS) is 25.8. The topological polar surface area (TPSA) is 289 Å². The van der Waals surface area contributed by atoms with Crippen molar-refractivity contribution in [2.45, 2.75) is 235 Å². The molecule has 2 aliphatic heterocycles. The lowest BCUT2D eigenvalue weighted by molar-refractivity contribution is -0.359. The van der Waals surface area contributed by atoms with Crippen molar-refractivity contribution in [3.63, 3.8) is 0 Å². The first kappa shape index (κ1) is 59.6. The van der Waals surface area contributed by atoms with E-state index in [1.165, 1.54) is 77.0 Å². The van der Waals surface area contributed by atoms with Crippen molar-refractivity contribution in [3.05, 3.63) is 0 Å². The summed E-state index contributed by atoms with van der Waals surface area (Å²) < 4.78 is 32.8. The number of hydrogen-bond donors (Lipinski definition) is 9. The zero-order valence-corrected chi connectivity index (χ0v) is 39.8. The van der Waals surface area contributed by atoms with Gasteiger partial charge < -0.3 is 74.8 Å². The first-order chi connectivity index (χ1) is 31.9. The lowest BCUT2D eigenvalue weighted by atomic mass is 9.97. The van der Waals surface area contributed by atoms with Gasteiger partial charge in [-0.05, 0) is 19.3 Å². The Labute approximate surface area is 392 Å². The molecule has 2 fully saturated rings. The van der Waals surface area contributed by atoms with Crippen molar-refractivity contribution in [2.75, 3.05) is 39.6 Å². The molecule has 0 spiro atoms. The number of aliphatic hydroxyl groups excluding tert-OH is 7. The quantitative estimate of drug-likeness (QED) is 0.0318. The minimum absolute atomic E-state index is 0.0233. The summed E-state index contributed by atoms with van der Waals surface area (Å²) in [5.41, 5.74) is 0. The molecule has 2 heterocycles. The van der Waals surface area contributed by atoms with Crippen molar-refractivity contribution in [2.24, 2.45) is 0 Å². The largest absolute Gasteiger partial charge is 0.466 e. The average Bonchev–Trinajstić information content (AvgIpc) is 3.31. The van der Waals surface area contributed by atoms with E-state index in [1.54, 1.807) is 0 Å². The molecule has 0 aliphatic carbocycles. The van der Waals surface area contributed by atoms with Gasteiger partial charge in [0.25, 0.3) is 0 Å². The van der Waals surface area contributed by atoms with Crippen LogP contribution >= 0.6 is 0 Å². The van der Waals surface area contributed by atoms with Crippen LogP contribution in [0.25, 0.3) is 0 Å². The number of rotatable bonds is 38. The Morgan fingerprint density at radius 2 is 1.02 bits per heavy atom. The maximum Gasteiger partial charge on any atom is 0.328 e. The molecule has 2 saturated heterocycles. The van der Waals surface area contributed by atoms with E-state index in [9.17, 15) is 54.9 Å². The first-order valence-electron chi connectivity index (χ1n) is 25.0. The third kappa shape index (κ3) is 24.1. The Hall–Kier alpha value is -2.56. The molecule has 9 N–H and O–H groups in total. The van der Waals surface area contributed by atoms with Crippen LogP contribution in [0, 0.1) is 0 Å². The number of aliphatic hydroxyl groups is 7. The first-order valence-corrected chi connectivity index (χ1v) is 25.0. The number of carbonyl (C=O) groups excluding carboxylic acids is 4. The summed E-state index contributed by atoms with van der Waals surface area (Å²) in [5, 5.41) is 76.5. The average molecular weight is 951 g/mol. The second-order valence-corrected chi connectivity index (χ2v) is 17.6. The third-order valence-corrected chi connectivity index (χ3v) is 12.0. The van der Waals surface area contributed by atoms with Crippen LogP contribution in [0.15, 0.2) is 0 Å². The molecule has 0 aromatic heterocycles. The van der Waals surface area contributed by atoms with E-state index in [0.29, 0.717) is 13.0 Å². The van der Waals surface area contributed by atoms with E-state index in [4.69, 9.17) is 28.4 Å². The van der Waals surface area contributed by atoms with Gasteiger partial charge >= 0.3 is 11.9 Å². The molecule has 11 atom stereocenters. The van der Waals surface area contributed by atoms with Gasteiger partial charge in [-0.1, -0.05) is 129 Å². The fourth-order valence-electron chi connectivity index (χ4n) is 7.86. The van der Waals surface area contributed by atoms with Gasteiger partial charge in [0.1, 0.15) is 54.9 Å². The molecule has 386 valence electrons. The number of carbonyl (C=O) groups is 4. The van der Waals surface area contributed by atoms with Crippen molar-refractivity contribution < 1.29 is 83.3 Å². The summed E-state index contributed by atoms with van der Waals surface area (Å²) in [5.74, 6) is -2.25. The van der Waals surface area contributed by atoms with Gasteiger partial charge in [0, 0.05) is 25.8 Å². The van der Waals surface area contributed by atoms with Crippen molar-refractivity contribution in [1.82, 2.24) is 10.6 Å². The molecule has 2 aliphatic rings. The fourth-order valence-corrected chi connectivity index (χ4v) is 7.86. The van der Waals surface area contributed by atoms with E-state index in [2.05, 4.69) is 24.5 Å². The van der Waals surface area contributed by atoms with Crippen LogP contribution in [0.4, 0.5) is 0 Å². The molecule has 1 unspecified atom stereocenters. The molecule has 66 heavy (non-hydrogen) atoms. The third-order valence-electron chi connectivity index (χ3n) is 12.0. The smallest absolute Gasteiger partial charge is 0.328 e. The number of esters is 2. The second kappa shape index (κ2) is 36.4. The molecule has 0 saturated carbocycles. The summed E-state index contributed by atoms with van der Waals surface area (Å²) >= 11 is 0. The molecule has 19 nitrogen and oxygen atoms in total. The Balaban J connectivity index is 1.77. The highest BCUT2D eigenvalue weighted by molar-refractivity contribution is 5.87. The Bertz CT molecular complexity index is 1290. The van der Waals surface area contributed by atoms with Crippen molar-refractivity contribution >= 4 is 23.8 Å². The zero-order chi connectivity index (χ0) is 48.5. The molecular weight excluding hydrogens is 865 g/mol. The van der Waals surface area contributed by atoms with Gasteiger partial charge in [-0.25, -0.2) is 4.79 Å². The number of ether oxygens (including phenoxy) is 6. The molecular formula is C47H86N2O17.